The van der Waals surface area contributed by atoms with Gasteiger partial charge in [-0.3, -0.25) is 14.9 Å². The van der Waals surface area contributed by atoms with Crippen LogP contribution in [0.5, 0.6) is 0 Å². The van der Waals surface area contributed by atoms with Gasteiger partial charge >= 0.3 is 5.97 Å². The molecule has 1 aromatic heterocycles. The van der Waals surface area contributed by atoms with Crippen LogP contribution in [0.3, 0.4) is 0 Å². The monoisotopic (exact) mass is 253 g/mol. The van der Waals surface area contributed by atoms with Crippen molar-refractivity contribution in [2.24, 2.45) is 5.92 Å². The van der Waals surface area contributed by atoms with E-state index in [4.69, 9.17) is 4.74 Å². The quantitative estimate of drug-likeness (QED) is 0.470. The Morgan fingerprint density at radius 3 is 2.83 bits per heavy atom. The van der Waals surface area contributed by atoms with Crippen LogP contribution >= 0.6 is 0 Å². The highest BCUT2D eigenvalue weighted by Gasteiger charge is 2.13. The van der Waals surface area contributed by atoms with Crippen LogP contribution in [0.15, 0.2) is 18.3 Å². The maximum atomic E-state index is 11.3. The highest BCUT2D eigenvalue weighted by Crippen LogP contribution is 2.12. The van der Waals surface area contributed by atoms with Gasteiger partial charge in [-0.05, 0) is 13.0 Å². The molecule has 1 aromatic rings. The Balaban J connectivity index is 2.48. The number of nitrogens with one attached hydrogen (secondary N) is 1. The maximum absolute atomic E-state index is 11.3. The van der Waals surface area contributed by atoms with E-state index in [1.54, 1.807) is 13.8 Å². The Morgan fingerprint density at radius 2 is 2.33 bits per heavy atom. The van der Waals surface area contributed by atoms with Crippen LogP contribution in [-0.4, -0.2) is 29.0 Å². The first-order chi connectivity index (χ1) is 8.54. The van der Waals surface area contributed by atoms with Crippen LogP contribution in [0.25, 0.3) is 0 Å². The first-order valence-electron chi connectivity index (χ1n) is 5.55. The largest absolute Gasteiger partial charge is 0.466 e. The predicted octanol–water partition coefficient (Wildman–Crippen LogP) is 1.60. The van der Waals surface area contributed by atoms with Crippen LogP contribution in [0.1, 0.15) is 13.8 Å². The number of carbonyl (C=O) groups is 1. The molecule has 7 nitrogen and oxygen atoms in total. The van der Waals surface area contributed by atoms with Crippen LogP contribution in [0, 0.1) is 16.0 Å². The van der Waals surface area contributed by atoms with Gasteiger partial charge in [0.25, 0.3) is 5.69 Å². The number of nitro groups is 1. The lowest BCUT2D eigenvalue weighted by molar-refractivity contribution is -0.385. The van der Waals surface area contributed by atoms with Crippen molar-refractivity contribution in [2.75, 3.05) is 18.5 Å². The Bertz CT molecular complexity index is 419. The lowest BCUT2D eigenvalue weighted by Crippen LogP contribution is -2.22. The first kappa shape index (κ1) is 13.9. The third-order valence-corrected chi connectivity index (χ3v) is 2.24. The molecule has 0 radical (unpaired) electrons. The van der Waals surface area contributed by atoms with E-state index in [0.717, 1.165) is 6.20 Å². The van der Waals surface area contributed by atoms with Crippen molar-refractivity contribution >= 4 is 17.5 Å². The van der Waals surface area contributed by atoms with E-state index in [1.807, 2.05) is 0 Å². The molecular weight excluding hydrogens is 238 g/mol. The van der Waals surface area contributed by atoms with Gasteiger partial charge in [-0.15, -0.1) is 0 Å². The van der Waals surface area contributed by atoms with Crippen LogP contribution in [0.4, 0.5) is 11.5 Å². The van der Waals surface area contributed by atoms with Crippen LogP contribution in [-0.2, 0) is 9.53 Å². The minimum Gasteiger partial charge on any atom is -0.466 e. The number of hydrogen-bond donors (Lipinski definition) is 1. The molecule has 0 saturated carbocycles. The van der Waals surface area contributed by atoms with Gasteiger partial charge in [-0.2, -0.15) is 0 Å². The number of nitrogens with zero attached hydrogens (tertiary/aromatic N) is 2. The Labute approximate surface area is 104 Å². The van der Waals surface area contributed by atoms with Gasteiger partial charge in [0, 0.05) is 12.6 Å². The van der Waals surface area contributed by atoms with Crippen molar-refractivity contribution in [1.29, 1.82) is 0 Å². The normalized spacial score (nSPS) is 11.7. The molecule has 1 atom stereocenters. The Morgan fingerprint density at radius 1 is 1.61 bits per heavy atom. The lowest BCUT2D eigenvalue weighted by atomic mass is 10.2. The fourth-order valence-electron chi connectivity index (χ4n) is 1.22. The highest BCUT2D eigenvalue weighted by atomic mass is 16.6. The molecule has 0 aliphatic rings. The number of pyridine rings is 1. The predicted molar refractivity (Wildman–Crippen MR) is 65.2 cm³/mol. The molecule has 1 rings (SSSR count). The van der Waals surface area contributed by atoms with Crippen molar-refractivity contribution in [3.63, 3.8) is 0 Å². The molecule has 98 valence electrons. The van der Waals surface area contributed by atoms with E-state index >= 15 is 0 Å². The molecule has 0 fully saturated rings. The molecule has 0 unspecified atom stereocenters. The zero-order chi connectivity index (χ0) is 13.5. The number of hydrogen-bond acceptors (Lipinski definition) is 6. The van der Waals surface area contributed by atoms with Gasteiger partial charge < -0.3 is 10.1 Å². The summed E-state index contributed by atoms with van der Waals surface area (Å²) in [6.45, 7) is 4.19. The summed E-state index contributed by atoms with van der Waals surface area (Å²) in [4.78, 5) is 25.1. The van der Waals surface area contributed by atoms with Gasteiger partial charge in [0.2, 0.25) is 0 Å². The second-order valence-corrected chi connectivity index (χ2v) is 3.69. The van der Waals surface area contributed by atoms with Gasteiger partial charge in [0.1, 0.15) is 12.0 Å². The summed E-state index contributed by atoms with van der Waals surface area (Å²) in [5, 5.41) is 13.3. The van der Waals surface area contributed by atoms with Crippen molar-refractivity contribution in [2.45, 2.75) is 13.8 Å². The molecule has 1 heterocycles. The number of aromatic nitrogens is 1. The molecule has 0 amide bonds. The van der Waals surface area contributed by atoms with Gasteiger partial charge in [-0.25, -0.2) is 4.98 Å². The summed E-state index contributed by atoms with van der Waals surface area (Å²) < 4.78 is 4.85. The van der Waals surface area contributed by atoms with Gasteiger partial charge in [0.05, 0.1) is 17.4 Å². The summed E-state index contributed by atoms with van der Waals surface area (Å²) in [6, 6.07) is 2.85. The average molecular weight is 253 g/mol. The molecule has 0 aliphatic carbocycles. The average Bonchev–Trinajstić information content (AvgIpc) is 2.36. The number of carbonyl (C=O) groups excluding carboxylic acids is 1. The van der Waals surface area contributed by atoms with E-state index in [2.05, 4.69) is 10.3 Å². The first-order valence-corrected chi connectivity index (χ1v) is 5.55. The topological polar surface area (TPSA) is 94.4 Å². The minimum atomic E-state index is -0.516. The standard InChI is InChI=1S/C11H15N3O4/c1-3-18-11(15)8(2)6-12-10-5-4-9(7-13-10)14(16)17/h4-5,7-8H,3,6H2,1-2H3,(H,12,13)/t8-/m1/s1. The van der Waals surface area contributed by atoms with Gasteiger partial charge in [0.15, 0.2) is 0 Å². The number of esters is 1. The van der Waals surface area contributed by atoms with Crippen molar-refractivity contribution < 1.29 is 14.5 Å². The summed E-state index contributed by atoms with van der Waals surface area (Å²) in [6.07, 6.45) is 1.16. The number of ether oxygens (including phenoxy) is 1. The summed E-state index contributed by atoms with van der Waals surface area (Å²) in [5.74, 6) is -0.106. The van der Waals surface area contributed by atoms with E-state index < -0.39 is 4.92 Å². The minimum absolute atomic E-state index is 0.0704. The number of anilines is 1. The Kier molecular flexibility index (Phi) is 5.04. The summed E-state index contributed by atoms with van der Waals surface area (Å²) in [7, 11) is 0. The molecule has 0 saturated heterocycles. The van der Waals surface area contributed by atoms with Crippen molar-refractivity contribution in [3.05, 3.63) is 28.4 Å². The number of rotatable bonds is 6. The molecule has 7 heteroatoms. The van der Waals surface area contributed by atoms with Crippen molar-refractivity contribution in [1.82, 2.24) is 4.98 Å². The lowest BCUT2D eigenvalue weighted by Gasteiger charge is -2.11. The zero-order valence-electron chi connectivity index (χ0n) is 10.3. The fraction of sp³-hybridized carbons (Fsp3) is 0.455. The molecule has 0 bridgehead atoms. The van der Waals surface area contributed by atoms with E-state index in [-0.39, 0.29) is 17.6 Å². The third kappa shape index (κ3) is 4.00. The summed E-state index contributed by atoms with van der Waals surface area (Å²) >= 11 is 0. The summed E-state index contributed by atoms with van der Waals surface area (Å²) in [5.41, 5.74) is -0.0704. The highest BCUT2D eigenvalue weighted by molar-refractivity contribution is 5.72. The third-order valence-electron chi connectivity index (χ3n) is 2.24. The van der Waals surface area contributed by atoms with E-state index in [1.165, 1.54) is 12.1 Å². The second-order valence-electron chi connectivity index (χ2n) is 3.69. The van der Waals surface area contributed by atoms with Crippen LogP contribution in [0.2, 0.25) is 0 Å². The SMILES string of the molecule is CCOC(=O)[C@H](C)CNc1ccc([N+](=O)[O-])cn1. The molecule has 0 aliphatic heterocycles. The molecule has 0 aromatic carbocycles. The van der Waals surface area contributed by atoms with E-state index in [9.17, 15) is 14.9 Å². The molecule has 18 heavy (non-hydrogen) atoms. The molecule has 0 spiro atoms. The fourth-order valence-corrected chi connectivity index (χ4v) is 1.22. The second kappa shape index (κ2) is 6.53. The molecular formula is C11H15N3O4. The van der Waals surface area contributed by atoms with Crippen LogP contribution < -0.4 is 5.32 Å². The maximum Gasteiger partial charge on any atom is 0.310 e. The smallest absolute Gasteiger partial charge is 0.310 e. The van der Waals surface area contributed by atoms with E-state index in [0.29, 0.717) is 19.0 Å². The van der Waals surface area contributed by atoms with Crippen molar-refractivity contribution in [3.8, 4) is 0 Å². The van der Waals surface area contributed by atoms with Gasteiger partial charge in [-0.1, -0.05) is 6.92 Å². The molecule has 1 N–H and O–H groups in total. The Hall–Kier alpha value is -2.18. The zero-order valence-corrected chi connectivity index (χ0v) is 10.3.